The van der Waals surface area contributed by atoms with Crippen LogP contribution >= 0.6 is 0 Å². The quantitative estimate of drug-likeness (QED) is 0.710. The Labute approximate surface area is 162 Å². The van der Waals surface area contributed by atoms with Gasteiger partial charge in [0.2, 0.25) is 0 Å². The van der Waals surface area contributed by atoms with Crippen LogP contribution in [0.25, 0.3) is 0 Å². The molecule has 2 atom stereocenters. The smallest absolute Gasteiger partial charge is 0.166 e. The van der Waals surface area contributed by atoms with Crippen LogP contribution in [0.4, 0.5) is 0 Å². The number of aryl methyl sites for hydroxylation is 2. The van der Waals surface area contributed by atoms with E-state index in [0.29, 0.717) is 11.7 Å². The fourth-order valence-electron chi connectivity index (χ4n) is 4.27. The third-order valence-corrected chi connectivity index (χ3v) is 6.03. The molecule has 138 valence electrons. The Morgan fingerprint density at radius 2 is 1.78 bits per heavy atom. The first-order chi connectivity index (χ1) is 13.0. The molecular formula is C25H27NO. The average Bonchev–Trinajstić information content (AvgIpc) is 2.94. The van der Waals surface area contributed by atoms with Gasteiger partial charge in [-0.25, -0.2) is 0 Å². The van der Waals surface area contributed by atoms with Gasteiger partial charge in [-0.3, -0.25) is 4.79 Å². The maximum absolute atomic E-state index is 12.9. The van der Waals surface area contributed by atoms with Crippen LogP contribution < -0.4 is 0 Å². The Morgan fingerprint density at radius 1 is 1.04 bits per heavy atom. The van der Waals surface area contributed by atoms with E-state index in [9.17, 15) is 4.79 Å². The lowest BCUT2D eigenvalue weighted by atomic mass is 9.86. The Kier molecular flexibility index (Phi) is 4.73. The van der Waals surface area contributed by atoms with Crippen molar-refractivity contribution >= 4 is 5.78 Å². The number of allylic oxidation sites excluding steroid dienone is 2. The minimum absolute atomic E-state index is 0.111. The summed E-state index contributed by atoms with van der Waals surface area (Å²) in [4.78, 5) is 15.1. The summed E-state index contributed by atoms with van der Waals surface area (Å²) in [6.45, 7) is 7.29. The molecule has 1 heterocycles. The highest BCUT2D eigenvalue weighted by Gasteiger charge is 2.33. The van der Waals surface area contributed by atoms with Crippen molar-refractivity contribution in [1.29, 1.82) is 0 Å². The number of nitrogens with zero attached hydrogens (tertiary/aromatic N) is 1. The first kappa shape index (κ1) is 17.8. The van der Waals surface area contributed by atoms with E-state index < -0.39 is 0 Å². The fourth-order valence-corrected chi connectivity index (χ4v) is 4.27. The summed E-state index contributed by atoms with van der Waals surface area (Å²) < 4.78 is 0. The Hall–Kier alpha value is -2.61. The van der Waals surface area contributed by atoms with Crippen LogP contribution in [0.2, 0.25) is 0 Å². The van der Waals surface area contributed by atoms with Gasteiger partial charge in [-0.15, -0.1) is 0 Å². The predicted molar refractivity (Wildman–Crippen MR) is 110 cm³/mol. The molecule has 2 aromatic rings. The summed E-state index contributed by atoms with van der Waals surface area (Å²) in [5, 5.41) is 0. The minimum Gasteiger partial charge on any atom is -0.350 e. The molecule has 2 heteroatoms. The zero-order valence-electron chi connectivity index (χ0n) is 16.4. The predicted octanol–water partition coefficient (Wildman–Crippen LogP) is 5.60. The molecule has 2 nitrogen and oxygen atoms in total. The van der Waals surface area contributed by atoms with Gasteiger partial charge in [-0.1, -0.05) is 48.0 Å². The summed E-state index contributed by atoms with van der Waals surface area (Å²) in [6, 6.07) is 14.8. The maximum atomic E-state index is 12.9. The fraction of sp³-hybridized carbons (Fsp3) is 0.320. The van der Waals surface area contributed by atoms with Crippen molar-refractivity contribution < 1.29 is 4.79 Å². The molecule has 0 saturated heterocycles. The summed E-state index contributed by atoms with van der Waals surface area (Å²) >= 11 is 0. The van der Waals surface area contributed by atoms with Crippen molar-refractivity contribution in [2.75, 3.05) is 0 Å². The van der Waals surface area contributed by atoms with Gasteiger partial charge in [0.1, 0.15) is 0 Å². The SMILES string of the molecule is CC1=CN(Cc2ccccc2)C=CC1CC1Cc2cc(C)c(C)cc2C1=O. The average molecular weight is 357 g/mol. The van der Waals surface area contributed by atoms with Crippen LogP contribution in [-0.4, -0.2) is 10.7 Å². The van der Waals surface area contributed by atoms with Gasteiger partial charge in [-0.05, 0) is 61.9 Å². The number of carbonyl (C=O) groups excluding carboxylic acids is 1. The van der Waals surface area contributed by atoms with E-state index in [0.717, 1.165) is 24.9 Å². The van der Waals surface area contributed by atoms with Crippen molar-refractivity contribution in [2.24, 2.45) is 11.8 Å². The number of benzene rings is 2. The number of Topliss-reactive ketones (excluding diaryl/α,β-unsaturated/α-hetero) is 1. The zero-order chi connectivity index (χ0) is 19.0. The summed E-state index contributed by atoms with van der Waals surface area (Å²) in [5.74, 6) is 0.795. The van der Waals surface area contributed by atoms with Crippen molar-refractivity contribution in [3.63, 3.8) is 0 Å². The molecule has 27 heavy (non-hydrogen) atoms. The third-order valence-electron chi connectivity index (χ3n) is 6.03. The second-order valence-corrected chi connectivity index (χ2v) is 8.07. The van der Waals surface area contributed by atoms with Gasteiger partial charge >= 0.3 is 0 Å². The highest BCUT2D eigenvalue weighted by Crippen LogP contribution is 2.35. The lowest BCUT2D eigenvalue weighted by molar-refractivity contribution is 0.0925. The topological polar surface area (TPSA) is 20.3 Å². The van der Waals surface area contributed by atoms with Crippen LogP contribution in [0.5, 0.6) is 0 Å². The van der Waals surface area contributed by atoms with E-state index in [-0.39, 0.29) is 5.92 Å². The van der Waals surface area contributed by atoms with Gasteiger partial charge in [-0.2, -0.15) is 0 Å². The summed E-state index contributed by atoms with van der Waals surface area (Å²) in [7, 11) is 0. The van der Waals surface area contributed by atoms with Gasteiger partial charge in [0, 0.05) is 36.3 Å². The molecule has 1 aliphatic carbocycles. The number of rotatable bonds is 4. The van der Waals surface area contributed by atoms with E-state index in [1.54, 1.807) is 0 Å². The van der Waals surface area contributed by atoms with Gasteiger partial charge in [0.15, 0.2) is 5.78 Å². The number of carbonyl (C=O) groups is 1. The largest absolute Gasteiger partial charge is 0.350 e. The number of fused-ring (bicyclic) bond motifs is 1. The van der Waals surface area contributed by atoms with Crippen LogP contribution in [-0.2, 0) is 13.0 Å². The van der Waals surface area contributed by atoms with Crippen LogP contribution in [0, 0.1) is 25.7 Å². The maximum Gasteiger partial charge on any atom is 0.166 e. The molecule has 0 N–H and O–H groups in total. The molecule has 2 aromatic carbocycles. The normalized spacial score (nSPS) is 21.4. The molecule has 0 bridgehead atoms. The Bertz CT molecular complexity index is 923. The van der Waals surface area contributed by atoms with Gasteiger partial charge in [0.05, 0.1) is 0 Å². The number of hydrogen-bond donors (Lipinski definition) is 0. The van der Waals surface area contributed by atoms with Crippen LogP contribution in [0.1, 0.15) is 46.0 Å². The molecule has 2 unspecified atom stereocenters. The lowest BCUT2D eigenvalue weighted by Gasteiger charge is -2.27. The molecule has 4 rings (SSSR count). The third kappa shape index (κ3) is 3.62. The molecule has 1 aliphatic heterocycles. The lowest BCUT2D eigenvalue weighted by Crippen LogP contribution is -2.20. The van der Waals surface area contributed by atoms with E-state index in [4.69, 9.17) is 0 Å². The van der Waals surface area contributed by atoms with Crippen LogP contribution in [0.15, 0.2) is 66.5 Å². The standard InChI is InChI=1S/C25H27NO/c1-17-11-22-14-23(25(27)24(22)12-18(17)2)13-21-9-10-26(15-19(21)3)16-20-7-5-4-6-8-20/h4-12,15,21,23H,13-14,16H2,1-3H3. The molecule has 0 spiro atoms. The van der Waals surface area contributed by atoms with Gasteiger partial charge in [0.25, 0.3) is 0 Å². The zero-order valence-corrected chi connectivity index (χ0v) is 16.4. The Balaban J connectivity index is 1.43. The second-order valence-electron chi connectivity index (χ2n) is 8.07. The first-order valence-corrected chi connectivity index (χ1v) is 9.82. The number of ketones is 1. The molecule has 0 aromatic heterocycles. The second kappa shape index (κ2) is 7.19. The summed E-state index contributed by atoms with van der Waals surface area (Å²) in [6.07, 6.45) is 8.47. The summed E-state index contributed by atoms with van der Waals surface area (Å²) in [5.41, 5.74) is 7.33. The highest BCUT2D eigenvalue weighted by molar-refractivity contribution is 6.02. The molecule has 0 saturated carbocycles. The molecule has 0 fully saturated rings. The molecule has 0 radical (unpaired) electrons. The molecule has 2 aliphatic rings. The van der Waals surface area contributed by atoms with Gasteiger partial charge < -0.3 is 4.90 Å². The minimum atomic E-state index is 0.111. The van der Waals surface area contributed by atoms with E-state index in [1.165, 1.54) is 27.8 Å². The van der Waals surface area contributed by atoms with Crippen molar-refractivity contribution in [1.82, 2.24) is 4.90 Å². The van der Waals surface area contributed by atoms with Crippen molar-refractivity contribution in [3.05, 3.63) is 94.3 Å². The monoisotopic (exact) mass is 357 g/mol. The first-order valence-electron chi connectivity index (χ1n) is 9.82. The van der Waals surface area contributed by atoms with Crippen molar-refractivity contribution in [3.8, 4) is 0 Å². The van der Waals surface area contributed by atoms with E-state index in [2.05, 4.69) is 80.5 Å². The van der Waals surface area contributed by atoms with E-state index >= 15 is 0 Å². The highest BCUT2D eigenvalue weighted by atomic mass is 16.1. The van der Waals surface area contributed by atoms with Crippen LogP contribution in [0.3, 0.4) is 0 Å². The van der Waals surface area contributed by atoms with E-state index in [1.807, 2.05) is 6.07 Å². The molecule has 0 amide bonds. The molecular weight excluding hydrogens is 330 g/mol. The number of hydrogen-bond acceptors (Lipinski definition) is 2. The Morgan fingerprint density at radius 3 is 2.52 bits per heavy atom. The van der Waals surface area contributed by atoms with Crippen molar-refractivity contribution in [2.45, 2.75) is 40.2 Å².